The van der Waals surface area contributed by atoms with E-state index in [9.17, 15) is 4.79 Å². The first-order valence-corrected chi connectivity index (χ1v) is 19.5. The van der Waals surface area contributed by atoms with Crippen LogP contribution >= 0.6 is 0 Å². The van der Waals surface area contributed by atoms with Gasteiger partial charge in [0.1, 0.15) is 11.5 Å². The zero-order chi connectivity index (χ0) is 31.3. The normalized spacial score (nSPS) is 11.5. The van der Waals surface area contributed by atoms with Gasteiger partial charge >= 0.3 is 0 Å². The fourth-order valence-electron chi connectivity index (χ4n) is 6.38. The average molecular weight is 611 g/mol. The molecule has 0 aliphatic carbocycles. The minimum atomic E-state index is -0.135. The number of furan rings is 2. The topological polar surface area (TPSA) is 43.4 Å². The van der Waals surface area contributed by atoms with E-state index in [1.165, 1.54) is 167 Å². The van der Waals surface area contributed by atoms with Crippen LogP contribution in [0.2, 0.25) is 0 Å². The largest absolute Gasteiger partial charge is 0.457 e. The Kier molecular flexibility index (Phi) is 24.0. The van der Waals surface area contributed by atoms with Gasteiger partial charge in [0.05, 0.1) is 0 Å². The van der Waals surface area contributed by atoms with Gasteiger partial charge in [-0.25, -0.2) is 0 Å². The van der Waals surface area contributed by atoms with E-state index in [1.807, 2.05) is 24.3 Å². The second-order valence-corrected chi connectivity index (χ2v) is 13.6. The maximum atomic E-state index is 12.9. The van der Waals surface area contributed by atoms with Gasteiger partial charge in [-0.15, -0.1) is 0 Å². The molecule has 3 nitrogen and oxygen atoms in total. The average Bonchev–Trinajstić information content (AvgIpc) is 3.71. The Labute approximate surface area is 272 Å². The van der Waals surface area contributed by atoms with Crippen LogP contribution in [0.1, 0.15) is 221 Å². The number of aryl methyl sites for hydroxylation is 2. The summed E-state index contributed by atoms with van der Waals surface area (Å²) in [5, 5.41) is 0. The monoisotopic (exact) mass is 611 g/mol. The van der Waals surface area contributed by atoms with Crippen LogP contribution in [0.3, 0.4) is 0 Å². The predicted molar refractivity (Wildman–Crippen MR) is 189 cm³/mol. The minimum Gasteiger partial charge on any atom is -0.457 e. The van der Waals surface area contributed by atoms with Gasteiger partial charge in [-0.2, -0.15) is 0 Å². The Morgan fingerprint density at radius 2 is 0.636 bits per heavy atom. The summed E-state index contributed by atoms with van der Waals surface area (Å²) in [5.74, 6) is 2.51. The Bertz CT molecular complexity index is 834. The van der Waals surface area contributed by atoms with Crippen LogP contribution in [0.15, 0.2) is 33.1 Å². The van der Waals surface area contributed by atoms with E-state index in [-0.39, 0.29) is 5.78 Å². The highest BCUT2D eigenvalue weighted by Crippen LogP contribution is 2.20. The Morgan fingerprint density at radius 1 is 0.386 bits per heavy atom. The summed E-state index contributed by atoms with van der Waals surface area (Å²) >= 11 is 0. The van der Waals surface area contributed by atoms with Gasteiger partial charge in [0.25, 0.3) is 5.78 Å². The molecule has 0 atom stereocenters. The summed E-state index contributed by atoms with van der Waals surface area (Å²) in [7, 11) is 0. The third-order valence-electron chi connectivity index (χ3n) is 9.32. The SMILES string of the molecule is CCCCCCCCCCCCCCCCc1ccc(C(=O)c2ccc(CCCCCCCCCCCCCCCC)o2)o1. The highest BCUT2D eigenvalue weighted by molar-refractivity contribution is 6.05. The van der Waals surface area contributed by atoms with Gasteiger partial charge in [-0.05, 0) is 37.1 Å². The lowest BCUT2D eigenvalue weighted by Gasteiger charge is -2.03. The number of hydrogen-bond acceptors (Lipinski definition) is 3. The van der Waals surface area contributed by atoms with Crippen LogP contribution in [0, 0.1) is 0 Å². The van der Waals surface area contributed by atoms with Crippen molar-refractivity contribution in [3.8, 4) is 0 Å². The molecule has 0 aromatic carbocycles. The van der Waals surface area contributed by atoms with Crippen molar-refractivity contribution in [2.24, 2.45) is 0 Å². The Balaban J connectivity index is 1.44. The fourth-order valence-corrected chi connectivity index (χ4v) is 6.38. The molecule has 0 radical (unpaired) electrons. The van der Waals surface area contributed by atoms with Gasteiger partial charge in [0.2, 0.25) is 0 Å². The molecule has 44 heavy (non-hydrogen) atoms. The minimum absolute atomic E-state index is 0.135. The smallest absolute Gasteiger partial charge is 0.263 e. The van der Waals surface area contributed by atoms with Crippen molar-refractivity contribution in [2.75, 3.05) is 0 Å². The molecule has 0 aliphatic rings. The van der Waals surface area contributed by atoms with E-state index in [0.717, 1.165) is 37.2 Å². The number of ketones is 1. The van der Waals surface area contributed by atoms with Crippen molar-refractivity contribution in [1.82, 2.24) is 0 Å². The molecule has 2 heterocycles. The molecule has 2 aromatic rings. The molecule has 0 N–H and O–H groups in total. The summed E-state index contributed by atoms with van der Waals surface area (Å²) in [5.41, 5.74) is 0. The lowest BCUT2D eigenvalue weighted by molar-refractivity contribution is 0.0979. The van der Waals surface area contributed by atoms with Crippen molar-refractivity contribution in [1.29, 1.82) is 0 Å². The maximum Gasteiger partial charge on any atom is 0.263 e. The first kappa shape index (κ1) is 38.4. The van der Waals surface area contributed by atoms with Crippen LogP contribution in [0.5, 0.6) is 0 Å². The summed E-state index contributed by atoms with van der Waals surface area (Å²) in [4.78, 5) is 12.9. The van der Waals surface area contributed by atoms with Gasteiger partial charge < -0.3 is 8.83 Å². The first-order chi connectivity index (χ1) is 21.7. The number of carbonyl (C=O) groups excluding carboxylic acids is 1. The second-order valence-electron chi connectivity index (χ2n) is 13.6. The van der Waals surface area contributed by atoms with E-state index in [1.54, 1.807) is 0 Å². The van der Waals surface area contributed by atoms with E-state index >= 15 is 0 Å². The molecule has 252 valence electrons. The zero-order valence-electron chi connectivity index (χ0n) is 29.2. The Morgan fingerprint density at radius 3 is 0.909 bits per heavy atom. The molecule has 0 saturated carbocycles. The lowest BCUT2D eigenvalue weighted by Crippen LogP contribution is -1.97. The Hall–Kier alpha value is -1.77. The number of unbranched alkanes of at least 4 members (excludes halogenated alkanes) is 26. The molecular weight excluding hydrogens is 540 g/mol. The number of carbonyl (C=O) groups is 1. The van der Waals surface area contributed by atoms with Crippen LogP contribution in [-0.4, -0.2) is 5.78 Å². The molecule has 2 aromatic heterocycles. The molecule has 0 saturated heterocycles. The third kappa shape index (κ3) is 19.6. The van der Waals surface area contributed by atoms with Crippen molar-refractivity contribution in [3.63, 3.8) is 0 Å². The third-order valence-corrected chi connectivity index (χ3v) is 9.32. The van der Waals surface area contributed by atoms with Gasteiger partial charge in [0.15, 0.2) is 11.5 Å². The maximum absolute atomic E-state index is 12.9. The quantitative estimate of drug-likeness (QED) is 0.0611. The highest BCUT2D eigenvalue weighted by Gasteiger charge is 2.17. The number of rotatable bonds is 32. The molecule has 2 rings (SSSR count). The van der Waals surface area contributed by atoms with Crippen LogP contribution < -0.4 is 0 Å². The van der Waals surface area contributed by atoms with Crippen LogP contribution in [-0.2, 0) is 12.8 Å². The lowest BCUT2D eigenvalue weighted by atomic mass is 10.0. The van der Waals surface area contributed by atoms with E-state index in [4.69, 9.17) is 8.83 Å². The van der Waals surface area contributed by atoms with Crippen molar-refractivity contribution in [3.05, 3.63) is 47.3 Å². The highest BCUT2D eigenvalue weighted by atomic mass is 16.4. The molecule has 0 amide bonds. The molecule has 3 heteroatoms. The van der Waals surface area contributed by atoms with E-state index in [2.05, 4.69) is 13.8 Å². The van der Waals surface area contributed by atoms with Crippen LogP contribution in [0.25, 0.3) is 0 Å². The molecule has 0 fully saturated rings. The van der Waals surface area contributed by atoms with Crippen molar-refractivity contribution >= 4 is 5.78 Å². The van der Waals surface area contributed by atoms with Crippen LogP contribution in [0.4, 0.5) is 0 Å². The van der Waals surface area contributed by atoms with Gasteiger partial charge in [0, 0.05) is 12.8 Å². The van der Waals surface area contributed by atoms with E-state index in [0.29, 0.717) is 11.5 Å². The van der Waals surface area contributed by atoms with E-state index < -0.39 is 0 Å². The molecule has 0 spiro atoms. The first-order valence-electron chi connectivity index (χ1n) is 19.5. The number of hydrogen-bond donors (Lipinski definition) is 0. The van der Waals surface area contributed by atoms with Gasteiger partial charge in [-0.3, -0.25) is 4.79 Å². The summed E-state index contributed by atoms with van der Waals surface area (Å²) < 4.78 is 11.8. The van der Waals surface area contributed by atoms with Crippen molar-refractivity contribution in [2.45, 2.75) is 206 Å². The van der Waals surface area contributed by atoms with Crippen molar-refractivity contribution < 1.29 is 13.6 Å². The second kappa shape index (κ2) is 27.5. The predicted octanol–water partition coefficient (Wildman–Crippen LogP) is 14.2. The van der Waals surface area contributed by atoms with Gasteiger partial charge in [-0.1, -0.05) is 181 Å². The standard InChI is InChI=1S/C41H70O3/c1-3-5-7-9-11-13-15-17-19-21-23-25-27-29-31-37-33-35-39(43-37)41(42)40-36-34-38(44-40)32-30-28-26-24-22-20-18-16-14-12-10-8-6-4-2/h33-36H,3-32H2,1-2H3. The molecule has 0 aliphatic heterocycles. The molecular formula is C41H70O3. The summed E-state index contributed by atoms with van der Waals surface area (Å²) in [6.45, 7) is 4.57. The zero-order valence-corrected chi connectivity index (χ0v) is 29.2. The fraction of sp³-hybridized carbons (Fsp3) is 0.780. The molecule has 0 unspecified atom stereocenters. The molecule has 0 bridgehead atoms. The summed E-state index contributed by atoms with van der Waals surface area (Å²) in [6.07, 6.45) is 40.0. The summed E-state index contributed by atoms with van der Waals surface area (Å²) in [6, 6.07) is 7.57.